The van der Waals surface area contributed by atoms with E-state index in [1.165, 1.54) is 0 Å². The Morgan fingerprint density at radius 3 is 2.62 bits per heavy atom. The Hall–Kier alpha value is -1.39. The van der Waals surface area contributed by atoms with Crippen molar-refractivity contribution in [3.05, 3.63) is 41.0 Å². The Kier molecular flexibility index (Phi) is 12.6. The second kappa shape index (κ2) is 14.7. The van der Waals surface area contributed by atoms with Crippen LogP contribution in [0.3, 0.4) is 0 Å². The zero-order valence-corrected chi connectivity index (χ0v) is 24.8. The summed E-state index contributed by atoms with van der Waals surface area (Å²) in [6, 6.07) is 8.20. The van der Waals surface area contributed by atoms with E-state index in [0.29, 0.717) is 28.3 Å². The Labute approximate surface area is 246 Å². The Morgan fingerprint density at radius 1 is 1.14 bits per heavy atom. The van der Waals surface area contributed by atoms with Gasteiger partial charge in [-0.1, -0.05) is 17.7 Å². The lowest BCUT2D eigenvalue weighted by molar-refractivity contribution is 0.0952. The normalized spacial score (nSPS) is 15.8. The van der Waals surface area contributed by atoms with Crippen LogP contribution in [0.5, 0.6) is 0 Å². The van der Waals surface area contributed by atoms with Crippen LogP contribution in [0.15, 0.2) is 30.5 Å². The number of hydrogen-bond acceptors (Lipinski definition) is 7. The molecule has 1 saturated carbocycles. The summed E-state index contributed by atoms with van der Waals surface area (Å²) in [7, 11) is 2.19. The van der Waals surface area contributed by atoms with E-state index in [0.717, 1.165) is 79.9 Å². The van der Waals surface area contributed by atoms with Gasteiger partial charge in [0.2, 0.25) is 5.95 Å². The summed E-state index contributed by atoms with van der Waals surface area (Å²) >= 11 is 8.08. The average Bonchev–Trinajstić information content (AvgIpc) is 3.54. The molecule has 37 heavy (non-hydrogen) atoms. The van der Waals surface area contributed by atoms with Crippen LogP contribution in [0.4, 0.5) is 5.95 Å². The molecule has 1 aliphatic heterocycles. The summed E-state index contributed by atoms with van der Waals surface area (Å²) in [4.78, 5) is 27.6. The summed E-state index contributed by atoms with van der Waals surface area (Å²) in [6.45, 7) is 6.60. The minimum atomic E-state index is -0.00911. The molecule has 3 aromatic rings. The molecule has 2 aromatic heterocycles. The Morgan fingerprint density at radius 2 is 1.89 bits per heavy atom. The van der Waals surface area contributed by atoms with Gasteiger partial charge in [-0.2, -0.15) is 0 Å². The van der Waals surface area contributed by atoms with Gasteiger partial charge < -0.3 is 20.4 Å². The van der Waals surface area contributed by atoms with E-state index in [1.54, 1.807) is 17.5 Å². The zero-order chi connectivity index (χ0) is 23.5. The monoisotopic (exact) mass is 606 g/mol. The zero-order valence-electron chi connectivity index (χ0n) is 20.7. The van der Waals surface area contributed by atoms with Crippen molar-refractivity contribution in [3.8, 4) is 10.6 Å². The molecule has 2 N–H and O–H groups in total. The van der Waals surface area contributed by atoms with Gasteiger partial charge in [-0.25, -0.2) is 9.97 Å². The second-order valence-electron chi connectivity index (χ2n) is 9.24. The molecule has 5 rings (SSSR count). The first-order valence-electron chi connectivity index (χ1n) is 12.1. The summed E-state index contributed by atoms with van der Waals surface area (Å²) in [5.41, 5.74) is 1.40. The highest BCUT2D eigenvalue weighted by Gasteiger charge is 2.25. The van der Waals surface area contributed by atoms with Gasteiger partial charge >= 0.3 is 0 Å². The van der Waals surface area contributed by atoms with Crippen LogP contribution in [-0.4, -0.2) is 78.0 Å². The van der Waals surface area contributed by atoms with Crippen molar-refractivity contribution in [1.82, 2.24) is 25.1 Å². The van der Waals surface area contributed by atoms with Crippen LogP contribution >= 0.6 is 60.2 Å². The molecular formula is C25H34Cl4N6OS. The first-order valence-corrected chi connectivity index (χ1v) is 13.3. The maximum Gasteiger partial charge on any atom is 0.252 e. The molecule has 12 heteroatoms. The molecule has 1 amide bonds. The number of amides is 1. The number of carbonyl (C=O) groups excluding carboxylic acids is 1. The molecule has 0 atom stereocenters. The number of carbonyl (C=O) groups is 1. The highest BCUT2D eigenvalue weighted by atomic mass is 35.5. The van der Waals surface area contributed by atoms with Crippen molar-refractivity contribution >= 4 is 82.1 Å². The molecule has 0 bridgehead atoms. The largest absolute Gasteiger partial charge is 0.354 e. The lowest BCUT2D eigenvalue weighted by atomic mass is 10.1. The molecule has 0 spiro atoms. The molecule has 204 valence electrons. The topological polar surface area (TPSA) is 73.4 Å². The predicted molar refractivity (Wildman–Crippen MR) is 162 cm³/mol. The average molecular weight is 608 g/mol. The molecule has 1 aliphatic carbocycles. The molecule has 7 nitrogen and oxygen atoms in total. The molecule has 3 heterocycles. The number of anilines is 1. The fourth-order valence-corrected chi connectivity index (χ4v) is 5.56. The quantitative estimate of drug-likeness (QED) is 0.308. The highest BCUT2D eigenvalue weighted by Crippen LogP contribution is 2.37. The van der Waals surface area contributed by atoms with Gasteiger partial charge in [-0.15, -0.1) is 48.6 Å². The SMILES string of the molecule is CN1CCN(CCCCNc2ncc(Cl)c(-c3cc4c(C(=O)NC5CC5)cccc4s3)n2)CC1.Cl.Cl.Cl. The number of rotatable bonds is 9. The minimum absolute atomic E-state index is 0. The number of hydrogen-bond donors (Lipinski definition) is 2. The van der Waals surface area contributed by atoms with Crippen molar-refractivity contribution < 1.29 is 4.79 Å². The number of aromatic nitrogens is 2. The second-order valence-corrected chi connectivity index (χ2v) is 10.7. The third-order valence-corrected chi connectivity index (χ3v) is 7.86. The summed E-state index contributed by atoms with van der Waals surface area (Å²) in [6.07, 6.45) is 6.01. The Bertz CT molecular complexity index is 1170. The third kappa shape index (κ3) is 8.30. The van der Waals surface area contributed by atoms with E-state index >= 15 is 0 Å². The number of piperazine rings is 1. The molecule has 0 radical (unpaired) electrons. The first-order chi connectivity index (χ1) is 16.6. The molecule has 0 unspecified atom stereocenters. The lowest BCUT2D eigenvalue weighted by Crippen LogP contribution is -2.44. The standard InChI is InChI=1S/C25H31ClN6OS.3ClH/c1-31-11-13-32(14-12-31)10-3-2-9-27-25-28-16-20(26)23(30-25)22-15-19-18(5-4-6-21(19)34-22)24(33)29-17-7-8-17;;;/h4-6,15-17H,2-3,7-14H2,1H3,(H,29,33)(H,27,28,30);3*1H. The summed E-state index contributed by atoms with van der Waals surface area (Å²) in [5.74, 6) is 0.577. The molecule has 2 fully saturated rings. The lowest BCUT2D eigenvalue weighted by Gasteiger charge is -2.32. The number of nitrogens with zero attached hydrogens (tertiary/aromatic N) is 4. The van der Waals surface area contributed by atoms with Crippen molar-refractivity contribution in [3.63, 3.8) is 0 Å². The van der Waals surface area contributed by atoms with E-state index in [-0.39, 0.29) is 43.1 Å². The van der Waals surface area contributed by atoms with E-state index in [1.807, 2.05) is 24.3 Å². The van der Waals surface area contributed by atoms with Gasteiger partial charge in [-0.05, 0) is 57.5 Å². The smallest absolute Gasteiger partial charge is 0.252 e. The minimum Gasteiger partial charge on any atom is -0.354 e. The highest BCUT2D eigenvalue weighted by molar-refractivity contribution is 7.22. The number of halogens is 4. The number of nitrogens with one attached hydrogen (secondary N) is 2. The number of thiophene rings is 1. The molecule has 1 saturated heterocycles. The van der Waals surface area contributed by atoms with Crippen LogP contribution in [0.1, 0.15) is 36.0 Å². The van der Waals surface area contributed by atoms with Gasteiger partial charge in [0.05, 0.1) is 16.1 Å². The van der Waals surface area contributed by atoms with Crippen molar-refractivity contribution in [2.24, 2.45) is 0 Å². The summed E-state index contributed by atoms with van der Waals surface area (Å²) < 4.78 is 1.05. The first kappa shape index (κ1) is 31.8. The van der Waals surface area contributed by atoms with Gasteiger partial charge in [0.15, 0.2) is 0 Å². The van der Waals surface area contributed by atoms with Gasteiger partial charge in [0.1, 0.15) is 5.69 Å². The molecule has 1 aromatic carbocycles. The van der Waals surface area contributed by atoms with Gasteiger partial charge in [-0.3, -0.25) is 4.79 Å². The third-order valence-electron chi connectivity index (χ3n) is 6.48. The maximum atomic E-state index is 12.7. The maximum absolute atomic E-state index is 12.7. The van der Waals surface area contributed by atoms with E-state index in [2.05, 4.69) is 32.5 Å². The van der Waals surface area contributed by atoms with Crippen molar-refractivity contribution in [2.75, 3.05) is 51.6 Å². The van der Waals surface area contributed by atoms with Gasteiger partial charge in [0, 0.05) is 54.4 Å². The number of unbranched alkanes of at least 4 members (excludes halogenated alkanes) is 1. The molecule has 2 aliphatic rings. The van der Waals surface area contributed by atoms with Crippen LogP contribution in [-0.2, 0) is 0 Å². The number of benzene rings is 1. The number of fused-ring (bicyclic) bond motifs is 1. The van der Waals surface area contributed by atoms with E-state index in [4.69, 9.17) is 16.6 Å². The van der Waals surface area contributed by atoms with Crippen LogP contribution < -0.4 is 10.6 Å². The Balaban J connectivity index is 0.00000160. The van der Waals surface area contributed by atoms with Crippen molar-refractivity contribution in [1.29, 1.82) is 0 Å². The van der Waals surface area contributed by atoms with Crippen LogP contribution in [0, 0.1) is 0 Å². The predicted octanol–water partition coefficient (Wildman–Crippen LogP) is 5.61. The van der Waals surface area contributed by atoms with Gasteiger partial charge in [0.25, 0.3) is 5.91 Å². The van der Waals surface area contributed by atoms with Crippen LogP contribution in [0.25, 0.3) is 20.7 Å². The van der Waals surface area contributed by atoms with Crippen molar-refractivity contribution in [2.45, 2.75) is 31.7 Å². The van der Waals surface area contributed by atoms with E-state index in [9.17, 15) is 4.79 Å². The summed E-state index contributed by atoms with van der Waals surface area (Å²) in [5, 5.41) is 7.89. The van der Waals surface area contributed by atoms with Crippen LogP contribution in [0.2, 0.25) is 5.02 Å². The van der Waals surface area contributed by atoms with E-state index < -0.39 is 0 Å². The fourth-order valence-electron chi connectivity index (χ4n) is 4.22. The molecular weight excluding hydrogens is 574 g/mol. The number of likely N-dealkylation sites (N-methyl/N-ethyl adjacent to an activating group) is 1. The fraction of sp³-hybridized carbons (Fsp3) is 0.480.